The molecule has 15 heavy (non-hydrogen) atoms. The zero-order valence-corrected chi connectivity index (χ0v) is 7.93. The van der Waals surface area contributed by atoms with Gasteiger partial charge in [-0.15, -0.1) is 0 Å². The van der Waals surface area contributed by atoms with E-state index in [2.05, 4.69) is 4.74 Å². The minimum atomic E-state index is -3.33. The number of hydrogen-bond donors (Lipinski definition) is 0. The van der Waals surface area contributed by atoms with Crippen LogP contribution in [0.5, 0.6) is 5.75 Å². The highest BCUT2D eigenvalue weighted by atomic mass is 19.3. The summed E-state index contributed by atoms with van der Waals surface area (Å²) < 4.78 is 44.0. The molecule has 0 aliphatic rings. The number of benzene rings is 1. The van der Waals surface area contributed by atoms with Crippen molar-refractivity contribution in [3.63, 3.8) is 0 Å². The molecule has 0 aliphatic heterocycles. The van der Waals surface area contributed by atoms with Gasteiger partial charge in [-0.3, -0.25) is 0 Å². The van der Waals surface area contributed by atoms with Crippen LogP contribution in [0.25, 0.3) is 0 Å². The number of rotatable bonds is 3. The molecule has 0 aromatic heterocycles. The van der Waals surface area contributed by atoms with E-state index in [4.69, 9.17) is 5.26 Å². The van der Waals surface area contributed by atoms with E-state index in [0.717, 1.165) is 12.1 Å². The fourth-order valence-corrected chi connectivity index (χ4v) is 1.10. The predicted molar refractivity (Wildman–Crippen MR) is 47.1 cm³/mol. The summed E-state index contributed by atoms with van der Waals surface area (Å²) in [4.78, 5) is 0. The molecular weight excluding hydrogens is 207 g/mol. The van der Waals surface area contributed by atoms with E-state index >= 15 is 0 Å². The molecule has 1 rings (SSSR count). The van der Waals surface area contributed by atoms with Gasteiger partial charge in [-0.2, -0.15) is 5.26 Å². The second kappa shape index (κ2) is 4.22. The fourth-order valence-electron chi connectivity index (χ4n) is 1.10. The van der Waals surface area contributed by atoms with Crippen molar-refractivity contribution in [3.8, 4) is 11.8 Å². The highest BCUT2D eigenvalue weighted by Gasteiger charge is 2.32. The molecule has 2 nitrogen and oxygen atoms in total. The third-order valence-electron chi connectivity index (χ3n) is 1.88. The van der Waals surface area contributed by atoms with Crippen molar-refractivity contribution >= 4 is 0 Å². The molecule has 1 aromatic carbocycles. The summed E-state index contributed by atoms with van der Waals surface area (Å²) in [6.07, 6.45) is -0.973. The van der Waals surface area contributed by atoms with Crippen LogP contribution in [0.15, 0.2) is 18.2 Å². The normalized spacial score (nSPS) is 10.9. The van der Waals surface area contributed by atoms with Gasteiger partial charge >= 0.3 is 0 Å². The second-order valence-electron chi connectivity index (χ2n) is 2.89. The van der Waals surface area contributed by atoms with Crippen molar-refractivity contribution in [2.75, 3.05) is 7.11 Å². The average Bonchev–Trinajstić information content (AvgIpc) is 2.17. The van der Waals surface area contributed by atoms with E-state index in [1.54, 1.807) is 0 Å². The molecule has 0 N–H and O–H groups in total. The van der Waals surface area contributed by atoms with E-state index in [-0.39, 0.29) is 5.75 Å². The third kappa shape index (κ3) is 2.40. The van der Waals surface area contributed by atoms with E-state index in [1.165, 1.54) is 13.2 Å². The van der Waals surface area contributed by atoms with Crippen LogP contribution < -0.4 is 4.74 Å². The fraction of sp³-hybridized carbons (Fsp3) is 0.300. The van der Waals surface area contributed by atoms with Crippen molar-refractivity contribution in [2.24, 2.45) is 0 Å². The Labute approximate surface area is 84.9 Å². The molecule has 1 aromatic rings. The zero-order chi connectivity index (χ0) is 11.5. The molecule has 0 amide bonds. The van der Waals surface area contributed by atoms with Crippen molar-refractivity contribution in [2.45, 2.75) is 12.3 Å². The molecule has 0 fully saturated rings. The predicted octanol–water partition coefficient (Wildman–Crippen LogP) is 2.84. The standard InChI is InChI=1S/C10H8F3NO/c1-15-9-3-2-7(6-8(9)11)10(12,13)4-5-14/h2-3,6H,4H2,1H3. The smallest absolute Gasteiger partial charge is 0.286 e. The van der Waals surface area contributed by atoms with Gasteiger partial charge in [-0.05, 0) is 18.2 Å². The van der Waals surface area contributed by atoms with Crippen molar-refractivity contribution in [1.29, 1.82) is 5.26 Å². The Hall–Kier alpha value is -1.70. The number of alkyl halides is 2. The molecule has 0 aliphatic carbocycles. The Morgan fingerprint density at radius 2 is 2.13 bits per heavy atom. The third-order valence-corrected chi connectivity index (χ3v) is 1.88. The van der Waals surface area contributed by atoms with Crippen LogP contribution in [-0.4, -0.2) is 7.11 Å². The molecular formula is C10H8F3NO. The zero-order valence-electron chi connectivity index (χ0n) is 7.93. The Kier molecular flexibility index (Phi) is 3.20. The summed E-state index contributed by atoms with van der Waals surface area (Å²) in [5, 5.41) is 8.18. The first-order valence-corrected chi connectivity index (χ1v) is 4.10. The molecule has 0 atom stereocenters. The highest BCUT2D eigenvalue weighted by Crippen LogP contribution is 2.33. The quantitative estimate of drug-likeness (QED) is 0.776. The number of hydrogen-bond acceptors (Lipinski definition) is 2. The molecule has 80 valence electrons. The van der Waals surface area contributed by atoms with Crippen LogP contribution in [0.1, 0.15) is 12.0 Å². The maximum Gasteiger partial charge on any atom is 0.286 e. The van der Waals surface area contributed by atoms with Gasteiger partial charge < -0.3 is 4.74 Å². The van der Waals surface area contributed by atoms with Gasteiger partial charge in [0.1, 0.15) is 6.42 Å². The Bertz CT molecular complexity index is 398. The molecule has 0 spiro atoms. The lowest BCUT2D eigenvalue weighted by molar-refractivity contribution is 0.000590. The van der Waals surface area contributed by atoms with E-state index in [1.807, 2.05) is 0 Å². The summed E-state index contributed by atoms with van der Waals surface area (Å²) >= 11 is 0. The van der Waals surface area contributed by atoms with Gasteiger partial charge in [-0.25, -0.2) is 13.2 Å². The van der Waals surface area contributed by atoms with E-state index in [9.17, 15) is 13.2 Å². The lowest BCUT2D eigenvalue weighted by atomic mass is 10.1. The van der Waals surface area contributed by atoms with Crippen LogP contribution in [0.2, 0.25) is 0 Å². The molecule has 0 heterocycles. The number of halogens is 3. The molecule has 0 saturated carbocycles. The van der Waals surface area contributed by atoms with Gasteiger partial charge in [0.15, 0.2) is 11.6 Å². The van der Waals surface area contributed by atoms with Crippen LogP contribution in [0.3, 0.4) is 0 Å². The monoisotopic (exact) mass is 215 g/mol. The van der Waals surface area contributed by atoms with Crippen LogP contribution in [-0.2, 0) is 5.92 Å². The second-order valence-corrected chi connectivity index (χ2v) is 2.89. The van der Waals surface area contributed by atoms with E-state index in [0.29, 0.717) is 6.07 Å². The maximum absolute atomic E-state index is 13.1. The number of nitriles is 1. The molecule has 5 heteroatoms. The van der Waals surface area contributed by atoms with Gasteiger partial charge in [0, 0.05) is 5.56 Å². The molecule has 0 unspecified atom stereocenters. The number of methoxy groups -OCH3 is 1. The largest absolute Gasteiger partial charge is 0.494 e. The Morgan fingerprint density at radius 1 is 1.47 bits per heavy atom. The maximum atomic E-state index is 13.1. The first kappa shape index (κ1) is 11.4. The first-order valence-electron chi connectivity index (χ1n) is 4.10. The summed E-state index contributed by atoms with van der Waals surface area (Å²) in [6.45, 7) is 0. The number of nitrogens with zero attached hydrogens (tertiary/aromatic N) is 1. The Balaban J connectivity index is 3.08. The number of ether oxygens (including phenoxy) is 1. The topological polar surface area (TPSA) is 33.0 Å². The van der Waals surface area contributed by atoms with Crippen molar-refractivity contribution in [1.82, 2.24) is 0 Å². The minimum Gasteiger partial charge on any atom is -0.494 e. The summed E-state index contributed by atoms with van der Waals surface area (Å²) in [5.74, 6) is -4.30. The van der Waals surface area contributed by atoms with Gasteiger partial charge in [0.05, 0.1) is 13.2 Å². The lowest BCUT2D eigenvalue weighted by Crippen LogP contribution is -2.12. The molecule has 0 saturated heterocycles. The van der Waals surface area contributed by atoms with E-state index < -0.39 is 23.7 Å². The summed E-state index contributed by atoms with van der Waals surface area (Å²) in [5.41, 5.74) is -0.526. The van der Waals surface area contributed by atoms with Crippen LogP contribution in [0.4, 0.5) is 13.2 Å². The molecule has 0 radical (unpaired) electrons. The van der Waals surface area contributed by atoms with Gasteiger partial charge in [0.25, 0.3) is 5.92 Å². The Morgan fingerprint density at radius 3 is 2.60 bits per heavy atom. The van der Waals surface area contributed by atoms with Crippen LogP contribution >= 0.6 is 0 Å². The highest BCUT2D eigenvalue weighted by molar-refractivity contribution is 5.31. The van der Waals surface area contributed by atoms with Crippen molar-refractivity contribution < 1.29 is 17.9 Å². The summed E-state index contributed by atoms with van der Waals surface area (Å²) in [6, 6.07) is 4.18. The van der Waals surface area contributed by atoms with Crippen molar-refractivity contribution in [3.05, 3.63) is 29.6 Å². The minimum absolute atomic E-state index is 0.105. The van der Waals surface area contributed by atoms with Crippen LogP contribution in [0, 0.1) is 17.1 Å². The first-order chi connectivity index (χ1) is 7.01. The van der Waals surface area contributed by atoms with Gasteiger partial charge in [0.2, 0.25) is 0 Å². The SMILES string of the molecule is COc1ccc(C(F)(F)CC#N)cc1F. The van der Waals surface area contributed by atoms with Gasteiger partial charge in [-0.1, -0.05) is 0 Å². The average molecular weight is 215 g/mol. The summed E-state index contributed by atoms with van der Waals surface area (Å²) in [7, 11) is 1.24. The lowest BCUT2D eigenvalue weighted by Gasteiger charge is -2.13. The molecule has 0 bridgehead atoms.